The van der Waals surface area contributed by atoms with E-state index in [9.17, 15) is 18.8 Å². The number of nitrogens with two attached hydrogens (primary N) is 2. The van der Waals surface area contributed by atoms with Gasteiger partial charge in [0.2, 0.25) is 5.91 Å². The number of anilines is 1. The zero-order valence-electron chi connectivity index (χ0n) is 17.3. The molecule has 0 radical (unpaired) electrons. The van der Waals surface area contributed by atoms with Crippen molar-refractivity contribution < 1.29 is 18.8 Å². The van der Waals surface area contributed by atoms with Crippen LogP contribution < -0.4 is 16.8 Å². The average Bonchev–Trinajstić information content (AvgIpc) is 3.14. The van der Waals surface area contributed by atoms with Crippen molar-refractivity contribution in [1.29, 1.82) is 0 Å². The Morgan fingerprint density at radius 3 is 2.45 bits per heavy atom. The molecule has 10 heteroatoms. The van der Waals surface area contributed by atoms with E-state index in [2.05, 4.69) is 9.69 Å². The summed E-state index contributed by atoms with van der Waals surface area (Å²) in [7, 11) is 0. The maximum atomic E-state index is 13.3. The first-order valence-electron chi connectivity index (χ1n) is 10.2. The minimum atomic E-state index is -0.832. The molecule has 166 valence electrons. The van der Waals surface area contributed by atoms with Gasteiger partial charge in [0.05, 0.1) is 5.69 Å². The van der Waals surface area contributed by atoms with E-state index in [0.717, 1.165) is 43.6 Å². The van der Waals surface area contributed by atoms with Crippen molar-refractivity contribution in [3.05, 3.63) is 46.2 Å². The van der Waals surface area contributed by atoms with Crippen LogP contribution in [0.25, 0.3) is 0 Å². The van der Waals surface area contributed by atoms with Crippen LogP contribution in [0.1, 0.15) is 64.8 Å². The number of halogens is 1. The van der Waals surface area contributed by atoms with E-state index in [-0.39, 0.29) is 34.8 Å². The lowest BCUT2D eigenvalue weighted by molar-refractivity contribution is -0.126. The van der Waals surface area contributed by atoms with Crippen molar-refractivity contribution in [2.24, 2.45) is 5.73 Å². The Kier molecular flexibility index (Phi) is 7.21. The second kappa shape index (κ2) is 9.86. The number of carbonyl (C=O) groups excluding carboxylic acids is 3. The Bertz CT molecular complexity index is 956. The van der Waals surface area contributed by atoms with Gasteiger partial charge in [-0.05, 0) is 49.0 Å². The summed E-state index contributed by atoms with van der Waals surface area (Å²) in [4.78, 5) is 39.1. The number of hydrogen-bond acceptors (Lipinski definition) is 6. The number of nitrogens with zero attached hydrogens (tertiary/aromatic N) is 2. The third kappa shape index (κ3) is 5.38. The maximum absolute atomic E-state index is 13.3. The Labute approximate surface area is 184 Å². The minimum absolute atomic E-state index is 0.0354. The van der Waals surface area contributed by atoms with Gasteiger partial charge in [-0.2, -0.15) is 4.37 Å². The van der Waals surface area contributed by atoms with Crippen LogP contribution in [0.15, 0.2) is 24.3 Å². The van der Waals surface area contributed by atoms with E-state index in [1.165, 1.54) is 17.0 Å². The fraction of sp³-hybridized carbons (Fsp3) is 0.429. The zero-order chi connectivity index (χ0) is 22.5. The Morgan fingerprint density at radius 1 is 1.23 bits per heavy atom. The summed E-state index contributed by atoms with van der Waals surface area (Å²) in [5, 5.41) is 3.03. The summed E-state index contributed by atoms with van der Waals surface area (Å²) in [6.45, 7) is 1.69. The van der Waals surface area contributed by atoms with Crippen molar-refractivity contribution in [2.45, 2.75) is 57.7 Å². The van der Waals surface area contributed by atoms with Crippen LogP contribution in [0.2, 0.25) is 0 Å². The van der Waals surface area contributed by atoms with E-state index < -0.39 is 23.7 Å². The van der Waals surface area contributed by atoms with Crippen LogP contribution in [0.3, 0.4) is 0 Å². The predicted molar refractivity (Wildman–Crippen MR) is 116 cm³/mol. The molecule has 1 saturated carbocycles. The molecule has 0 spiro atoms. The molecule has 0 bridgehead atoms. The van der Waals surface area contributed by atoms with Gasteiger partial charge in [0.1, 0.15) is 16.7 Å². The second-order valence-corrected chi connectivity index (χ2v) is 8.49. The lowest BCUT2D eigenvalue weighted by Crippen LogP contribution is -2.50. The molecule has 1 aromatic carbocycles. The molecule has 31 heavy (non-hydrogen) atoms. The molecule has 1 atom stereocenters. The van der Waals surface area contributed by atoms with E-state index in [1.54, 1.807) is 19.1 Å². The molecular weight excluding hydrogens is 421 g/mol. The summed E-state index contributed by atoms with van der Waals surface area (Å²) in [5.41, 5.74) is 11.6. The topological polar surface area (TPSA) is 131 Å². The first-order valence-corrected chi connectivity index (χ1v) is 11.0. The number of carbonyl (C=O) groups is 3. The van der Waals surface area contributed by atoms with Gasteiger partial charge in [0.25, 0.3) is 11.8 Å². The fourth-order valence-electron chi connectivity index (χ4n) is 3.64. The van der Waals surface area contributed by atoms with Crippen molar-refractivity contribution in [3.63, 3.8) is 0 Å². The summed E-state index contributed by atoms with van der Waals surface area (Å²) < 4.78 is 17.2. The molecule has 0 unspecified atom stereocenters. The molecule has 3 amide bonds. The van der Waals surface area contributed by atoms with Crippen molar-refractivity contribution in [1.82, 2.24) is 14.6 Å². The standard InChI is InChI=1S/C21H26FN5O3S/c1-12(20(29)25-15-5-3-2-4-6-15)27(11-13-7-9-14(22)10-8-13)21(30)18-16(23)17(19(24)28)26-31-18/h7-10,12,15H,2-6,11,23H2,1H3,(H2,24,28)(H,25,29)/t12-/m1/s1. The van der Waals surface area contributed by atoms with E-state index in [1.807, 2.05) is 0 Å². The summed E-state index contributed by atoms with van der Waals surface area (Å²) in [5.74, 6) is -2.05. The largest absolute Gasteiger partial charge is 0.395 e. The Balaban J connectivity index is 1.86. The van der Waals surface area contributed by atoms with Crippen LogP contribution in [0.5, 0.6) is 0 Å². The van der Waals surface area contributed by atoms with E-state index in [0.29, 0.717) is 5.56 Å². The summed E-state index contributed by atoms with van der Waals surface area (Å²) in [6.07, 6.45) is 5.10. The van der Waals surface area contributed by atoms with Crippen molar-refractivity contribution >= 4 is 34.9 Å². The first-order chi connectivity index (χ1) is 14.8. The highest BCUT2D eigenvalue weighted by molar-refractivity contribution is 7.09. The van der Waals surface area contributed by atoms with E-state index in [4.69, 9.17) is 11.5 Å². The molecule has 1 fully saturated rings. The zero-order valence-corrected chi connectivity index (χ0v) is 18.1. The molecule has 2 aromatic rings. The number of nitrogens with one attached hydrogen (secondary N) is 1. The summed E-state index contributed by atoms with van der Waals surface area (Å²) in [6, 6.07) is 4.94. The number of aromatic nitrogens is 1. The fourth-order valence-corrected chi connectivity index (χ4v) is 4.40. The van der Waals surface area contributed by atoms with Gasteiger partial charge in [-0.1, -0.05) is 31.4 Å². The maximum Gasteiger partial charge on any atom is 0.270 e. The van der Waals surface area contributed by atoms with Crippen LogP contribution >= 0.6 is 11.5 Å². The molecule has 1 aliphatic carbocycles. The highest BCUT2D eigenvalue weighted by Crippen LogP contribution is 2.25. The molecule has 0 aliphatic heterocycles. The number of nitrogen functional groups attached to an aromatic ring is 1. The van der Waals surface area contributed by atoms with Gasteiger partial charge in [0, 0.05) is 12.6 Å². The van der Waals surface area contributed by atoms with Gasteiger partial charge >= 0.3 is 0 Å². The monoisotopic (exact) mass is 447 g/mol. The first kappa shape index (κ1) is 22.7. The minimum Gasteiger partial charge on any atom is -0.395 e. The molecular formula is C21H26FN5O3S. The predicted octanol–water partition coefficient (Wildman–Crippen LogP) is 2.44. The van der Waals surface area contributed by atoms with Crippen LogP contribution in [-0.2, 0) is 11.3 Å². The summed E-state index contributed by atoms with van der Waals surface area (Å²) >= 11 is 0.760. The molecule has 1 aromatic heterocycles. The van der Waals surface area contributed by atoms with Gasteiger partial charge < -0.3 is 21.7 Å². The smallest absolute Gasteiger partial charge is 0.270 e. The quantitative estimate of drug-likeness (QED) is 0.600. The van der Waals surface area contributed by atoms with Crippen LogP contribution in [-0.4, -0.2) is 39.1 Å². The van der Waals surface area contributed by atoms with Gasteiger partial charge in [-0.3, -0.25) is 14.4 Å². The van der Waals surface area contributed by atoms with Gasteiger partial charge in [-0.25, -0.2) is 4.39 Å². The van der Waals surface area contributed by atoms with Gasteiger partial charge in [0.15, 0.2) is 5.69 Å². The second-order valence-electron chi connectivity index (χ2n) is 7.72. The SMILES string of the molecule is C[C@H](C(=O)NC1CCCCC1)N(Cc1ccc(F)cc1)C(=O)c1snc(C(N)=O)c1N. The molecule has 5 N–H and O–H groups in total. The van der Waals surface area contributed by atoms with Crippen molar-refractivity contribution in [3.8, 4) is 0 Å². The third-order valence-corrected chi connectivity index (χ3v) is 6.33. The molecule has 1 heterocycles. The normalized spacial score (nSPS) is 15.3. The number of benzene rings is 1. The lowest BCUT2D eigenvalue weighted by atomic mass is 9.95. The van der Waals surface area contributed by atoms with Gasteiger partial charge in [-0.15, -0.1) is 0 Å². The number of hydrogen-bond donors (Lipinski definition) is 3. The Hall–Kier alpha value is -3.01. The molecule has 3 rings (SSSR count). The highest BCUT2D eigenvalue weighted by atomic mass is 32.1. The van der Waals surface area contributed by atoms with Crippen molar-refractivity contribution in [2.75, 3.05) is 5.73 Å². The number of primary amides is 1. The highest BCUT2D eigenvalue weighted by Gasteiger charge is 2.32. The van der Waals surface area contributed by atoms with Crippen LogP contribution in [0.4, 0.5) is 10.1 Å². The molecule has 1 aliphatic rings. The average molecular weight is 448 g/mol. The van der Waals surface area contributed by atoms with Crippen LogP contribution in [0, 0.1) is 5.82 Å². The number of rotatable bonds is 7. The molecule has 0 saturated heterocycles. The lowest BCUT2D eigenvalue weighted by Gasteiger charge is -2.31. The third-order valence-electron chi connectivity index (χ3n) is 5.48. The Morgan fingerprint density at radius 2 is 1.87 bits per heavy atom. The number of amides is 3. The molecule has 8 nitrogen and oxygen atoms in total. The van der Waals surface area contributed by atoms with E-state index >= 15 is 0 Å².